The molecule has 0 aliphatic carbocycles. The Labute approximate surface area is 123 Å². The minimum atomic E-state index is -0.485. The average molecular weight is 289 g/mol. The predicted molar refractivity (Wildman–Crippen MR) is 79.7 cm³/mol. The molecule has 0 heterocycles. The first-order valence-electron chi connectivity index (χ1n) is 6.80. The van der Waals surface area contributed by atoms with Crippen molar-refractivity contribution in [2.24, 2.45) is 0 Å². The lowest BCUT2D eigenvalue weighted by Crippen LogP contribution is -2.17. The first-order chi connectivity index (χ1) is 10.2. The third-order valence-electron chi connectivity index (χ3n) is 3.04. The van der Waals surface area contributed by atoms with Crippen LogP contribution in [0.15, 0.2) is 42.5 Å². The molecule has 0 saturated heterocycles. The van der Waals surface area contributed by atoms with Crippen molar-refractivity contribution in [3.63, 3.8) is 0 Å². The average Bonchev–Trinajstić information content (AvgIpc) is 2.51. The fourth-order valence-electron chi connectivity index (χ4n) is 1.88. The van der Waals surface area contributed by atoms with Gasteiger partial charge in [0.1, 0.15) is 5.75 Å². The maximum Gasteiger partial charge on any atom is 0.200 e. The molecule has 0 aliphatic heterocycles. The number of aromatic hydroxyl groups is 3. The molecule has 0 amide bonds. The molecule has 0 unspecified atom stereocenters. The Bertz CT molecular complexity index is 572. The second kappa shape index (κ2) is 7.40. The van der Waals surface area contributed by atoms with Crippen molar-refractivity contribution < 1.29 is 20.1 Å². The van der Waals surface area contributed by atoms with E-state index in [1.807, 2.05) is 30.3 Å². The van der Waals surface area contributed by atoms with E-state index in [0.717, 1.165) is 12.2 Å². The molecule has 0 atom stereocenters. The van der Waals surface area contributed by atoms with Crippen LogP contribution in [0.4, 0.5) is 0 Å². The molecular formula is C16H19NO4. The summed E-state index contributed by atoms with van der Waals surface area (Å²) < 4.78 is 5.55. The molecule has 0 spiro atoms. The van der Waals surface area contributed by atoms with Gasteiger partial charge in [-0.2, -0.15) is 0 Å². The van der Waals surface area contributed by atoms with Gasteiger partial charge in [0.2, 0.25) is 5.75 Å². The Morgan fingerprint density at radius 3 is 2.43 bits per heavy atom. The van der Waals surface area contributed by atoms with Crippen LogP contribution in [-0.2, 0) is 6.54 Å². The van der Waals surface area contributed by atoms with Crippen LogP contribution in [0.2, 0.25) is 0 Å². The van der Waals surface area contributed by atoms with E-state index < -0.39 is 5.75 Å². The summed E-state index contributed by atoms with van der Waals surface area (Å²) in [4.78, 5) is 0. The maximum absolute atomic E-state index is 9.66. The summed E-state index contributed by atoms with van der Waals surface area (Å²) in [5.74, 6) is -0.254. The molecule has 2 aromatic carbocycles. The number of nitrogens with one attached hydrogen (secondary N) is 1. The van der Waals surface area contributed by atoms with Crippen LogP contribution in [0, 0.1) is 0 Å². The van der Waals surface area contributed by atoms with E-state index in [1.165, 1.54) is 6.07 Å². The van der Waals surface area contributed by atoms with E-state index in [1.54, 1.807) is 6.07 Å². The Morgan fingerprint density at radius 1 is 0.905 bits per heavy atom. The molecule has 0 bridgehead atoms. The largest absolute Gasteiger partial charge is 0.504 e. The Kier molecular flexibility index (Phi) is 5.29. The minimum Gasteiger partial charge on any atom is -0.504 e. The molecule has 4 N–H and O–H groups in total. The van der Waals surface area contributed by atoms with Crippen LogP contribution in [0.1, 0.15) is 12.0 Å². The highest BCUT2D eigenvalue weighted by atomic mass is 16.5. The minimum absolute atomic E-state index is 0.289. The quantitative estimate of drug-likeness (QED) is 0.465. The van der Waals surface area contributed by atoms with Gasteiger partial charge < -0.3 is 25.4 Å². The number of hydrogen-bond donors (Lipinski definition) is 4. The number of ether oxygens (including phenoxy) is 1. The van der Waals surface area contributed by atoms with E-state index in [-0.39, 0.29) is 11.5 Å². The highest BCUT2D eigenvalue weighted by Gasteiger charge is 2.10. The van der Waals surface area contributed by atoms with Crippen molar-refractivity contribution in [1.82, 2.24) is 5.32 Å². The molecule has 5 heteroatoms. The van der Waals surface area contributed by atoms with Crippen molar-refractivity contribution >= 4 is 0 Å². The van der Waals surface area contributed by atoms with Crippen LogP contribution < -0.4 is 10.1 Å². The molecule has 112 valence electrons. The van der Waals surface area contributed by atoms with Gasteiger partial charge >= 0.3 is 0 Å². The standard InChI is InChI=1S/C16H19NO4/c18-14-8-7-12(15(19)16(14)20)11-17-9-4-10-21-13-5-2-1-3-6-13/h1-3,5-8,17-20H,4,9-11H2. The van der Waals surface area contributed by atoms with E-state index >= 15 is 0 Å². The van der Waals surface area contributed by atoms with Gasteiger partial charge in [0, 0.05) is 12.1 Å². The number of rotatable bonds is 7. The monoisotopic (exact) mass is 289 g/mol. The molecule has 0 saturated carbocycles. The predicted octanol–water partition coefficient (Wildman–Crippen LogP) is 2.36. The Morgan fingerprint density at radius 2 is 1.67 bits per heavy atom. The fraction of sp³-hybridized carbons (Fsp3) is 0.250. The Hall–Kier alpha value is -2.40. The molecule has 2 aromatic rings. The molecule has 0 radical (unpaired) electrons. The molecule has 21 heavy (non-hydrogen) atoms. The number of para-hydroxylation sites is 1. The highest BCUT2D eigenvalue weighted by molar-refractivity contribution is 5.52. The molecule has 5 nitrogen and oxygen atoms in total. The second-order valence-corrected chi connectivity index (χ2v) is 4.63. The summed E-state index contributed by atoms with van der Waals surface area (Å²) >= 11 is 0. The van der Waals surface area contributed by atoms with Crippen LogP contribution in [0.25, 0.3) is 0 Å². The highest BCUT2D eigenvalue weighted by Crippen LogP contribution is 2.36. The summed E-state index contributed by atoms with van der Waals surface area (Å²) in [6, 6.07) is 12.5. The Balaban J connectivity index is 1.67. The maximum atomic E-state index is 9.66. The van der Waals surface area contributed by atoms with Gasteiger partial charge in [-0.05, 0) is 31.2 Å². The van der Waals surface area contributed by atoms with E-state index in [9.17, 15) is 15.3 Å². The lowest BCUT2D eigenvalue weighted by atomic mass is 10.1. The summed E-state index contributed by atoms with van der Waals surface area (Å²) in [5, 5.41) is 31.4. The second-order valence-electron chi connectivity index (χ2n) is 4.63. The van der Waals surface area contributed by atoms with Crippen LogP contribution >= 0.6 is 0 Å². The van der Waals surface area contributed by atoms with E-state index in [2.05, 4.69) is 5.32 Å². The first-order valence-corrected chi connectivity index (χ1v) is 6.80. The molecule has 0 aliphatic rings. The van der Waals surface area contributed by atoms with E-state index in [0.29, 0.717) is 25.3 Å². The number of phenols is 3. The van der Waals surface area contributed by atoms with Crippen molar-refractivity contribution in [2.75, 3.05) is 13.2 Å². The summed E-state index contributed by atoms with van der Waals surface area (Å²) in [5.41, 5.74) is 0.536. The lowest BCUT2D eigenvalue weighted by Gasteiger charge is -2.09. The third-order valence-corrected chi connectivity index (χ3v) is 3.04. The lowest BCUT2D eigenvalue weighted by molar-refractivity contribution is 0.307. The van der Waals surface area contributed by atoms with Crippen molar-refractivity contribution in [1.29, 1.82) is 0 Å². The van der Waals surface area contributed by atoms with Gasteiger partial charge in [-0.15, -0.1) is 0 Å². The zero-order valence-electron chi connectivity index (χ0n) is 11.6. The SMILES string of the molecule is Oc1ccc(CNCCCOc2ccccc2)c(O)c1O. The summed E-state index contributed by atoms with van der Waals surface area (Å²) in [6.07, 6.45) is 0.819. The molecular weight excluding hydrogens is 270 g/mol. The van der Waals surface area contributed by atoms with Gasteiger partial charge in [-0.1, -0.05) is 24.3 Å². The van der Waals surface area contributed by atoms with Gasteiger partial charge in [0.15, 0.2) is 11.5 Å². The van der Waals surface area contributed by atoms with E-state index in [4.69, 9.17) is 4.74 Å². The van der Waals surface area contributed by atoms with Crippen molar-refractivity contribution in [2.45, 2.75) is 13.0 Å². The van der Waals surface area contributed by atoms with Gasteiger partial charge in [-0.25, -0.2) is 0 Å². The summed E-state index contributed by atoms with van der Waals surface area (Å²) in [7, 11) is 0. The van der Waals surface area contributed by atoms with Crippen LogP contribution in [-0.4, -0.2) is 28.5 Å². The number of hydrogen-bond acceptors (Lipinski definition) is 5. The summed E-state index contributed by atoms with van der Waals surface area (Å²) in [6.45, 7) is 1.72. The molecule has 0 fully saturated rings. The smallest absolute Gasteiger partial charge is 0.200 e. The number of phenolic OH excluding ortho intramolecular Hbond substituents is 3. The van der Waals surface area contributed by atoms with Crippen molar-refractivity contribution in [3.05, 3.63) is 48.0 Å². The molecule has 2 rings (SSSR count). The van der Waals surface area contributed by atoms with Crippen LogP contribution in [0.5, 0.6) is 23.0 Å². The fourth-order valence-corrected chi connectivity index (χ4v) is 1.88. The zero-order chi connectivity index (χ0) is 15.1. The molecule has 0 aromatic heterocycles. The topological polar surface area (TPSA) is 82.0 Å². The van der Waals surface area contributed by atoms with Gasteiger partial charge in [0.05, 0.1) is 6.61 Å². The third kappa shape index (κ3) is 4.29. The van der Waals surface area contributed by atoms with Crippen LogP contribution in [0.3, 0.4) is 0 Å². The first kappa shape index (κ1) is 15.0. The van der Waals surface area contributed by atoms with Crippen molar-refractivity contribution in [3.8, 4) is 23.0 Å². The van der Waals surface area contributed by atoms with Gasteiger partial charge in [-0.3, -0.25) is 0 Å². The number of benzene rings is 2. The zero-order valence-corrected chi connectivity index (χ0v) is 11.6. The van der Waals surface area contributed by atoms with Gasteiger partial charge in [0.25, 0.3) is 0 Å². The normalized spacial score (nSPS) is 10.5.